The lowest BCUT2D eigenvalue weighted by Gasteiger charge is -2.05. The molecule has 16 heavy (non-hydrogen) atoms. The molecule has 0 aliphatic carbocycles. The molecule has 2 aromatic rings. The SMILES string of the molecule is N#Cc1cccc(C#N)c1Oc1cscn1. The van der Waals surface area contributed by atoms with Crippen LogP contribution in [0.25, 0.3) is 0 Å². The maximum atomic E-state index is 8.91. The summed E-state index contributed by atoms with van der Waals surface area (Å²) in [7, 11) is 0. The molecule has 1 aromatic carbocycles. The molecular weight excluding hydrogens is 222 g/mol. The minimum absolute atomic E-state index is 0.262. The zero-order valence-corrected chi connectivity index (χ0v) is 8.86. The minimum atomic E-state index is 0.262. The zero-order valence-electron chi connectivity index (χ0n) is 8.04. The third-order valence-corrected chi connectivity index (χ3v) is 2.44. The first-order chi connectivity index (χ1) is 7.85. The summed E-state index contributed by atoms with van der Waals surface area (Å²) in [5, 5.41) is 19.5. The van der Waals surface area contributed by atoms with Crippen molar-refractivity contribution >= 4 is 11.3 Å². The highest BCUT2D eigenvalue weighted by Gasteiger charge is 2.11. The van der Waals surface area contributed by atoms with Gasteiger partial charge in [-0.3, -0.25) is 0 Å². The molecule has 0 radical (unpaired) electrons. The Kier molecular flexibility index (Phi) is 2.81. The number of para-hydroxylation sites is 1. The molecule has 5 heteroatoms. The first-order valence-corrected chi connectivity index (χ1v) is 5.28. The number of hydrogen-bond acceptors (Lipinski definition) is 5. The van der Waals surface area contributed by atoms with Crippen LogP contribution in [0.15, 0.2) is 29.1 Å². The van der Waals surface area contributed by atoms with Crippen LogP contribution in [-0.2, 0) is 0 Å². The summed E-state index contributed by atoms with van der Waals surface area (Å²) in [4.78, 5) is 3.94. The highest BCUT2D eigenvalue weighted by molar-refractivity contribution is 7.07. The Morgan fingerprint density at radius 3 is 2.38 bits per heavy atom. The molecule has 0 saturated heterocycles. The van der Waals surface area contributed by atoms with Crippen molar-refractivity contribution in [1.29, 1.82) is 10.5 Å². The van der Waals surface area contributed by atoms with E-state index in [-0.39, 0.29) is 5.75 Å². The van der Waals surface area contributed by atoms with Gasteiger partial charge in [-0.1, -0.05) is 6.07 Å². The fraction of sp³-hybridized carbons (Fsp3) is 0. The van der Waals surface area contributed by atoms with Gasteiger partial charge in [0, 0.05) is 0 Å². The van der Waals surface area contributed by atoms with Crippen LogP contribution in [0, 0.1) is 22.7 Å². The Labute approximate surface area is 96.0 Å². The number of aromatic nitrogens is 1. The van der Waals surface area contributed by atoms with Crippen LogP contribution in [-0.4, -0.2) is 4.98 Å². The largest absolute Gasteiger partial charge is 0.435 e. The average Bonchev–Trinajstić information content (AvgIpc) is 2.82. The first-order valence-electron chi connectivity index (χ1n) is 4.34. The predicted molar refractivity (Wildman–Crippen MR) is 58.1 cm³/mol. The Balaban J connectivity index is 2.47. The van der Waals surface area contributed by atoms with Crippen molar-refractivity contribution in [3.05, 3.63) is 40.2 Å². The number of hydrogen-bond donors (Lipinski definition) is 0. The summed E-state index contributed by atoms with van der Waals surface area (Å²) in [6.45, 7) is 0. The quantitative estimate of drug-likeness (QED) is 0.790. The lowest BCUT2D eigenvalue weighted by Crippen LogP contribution is -1.91. The second-order valence-electron chi connectivity index (χ2n) is 2.83. The first kappa shape index (κ1) is 10.2. The molecule has 0 spiro atoms. The van der Waals surface area contributed by atoms with Crippen molar-refractivity contribution in [3.8, 4) is 23.8 Å². The third kappa shape index (κ3) is 1.85. The number of benzene rings is 1. The minimum Gasteiger partial charge on any atom is -0.435 e. The van der Waals surface area contributed by atoms with E-state index in [0.29, 0.717) is 17.0 Å². The molecule has 1 aromatic heterocycles. The second kappa shape index (κ2) is 4.43. The monoisotopic (exact) mass is 227 g/mol. The van der Waals surface area contributed by atoms with Crippen molar-refractivity contribution in [2.75, 3.05) is 0 Å². The van der Waals surface area contributed by atoms with E-state index in [1.807, 2.05) is 12.1 Å². The summed E-state index contributed by atoms with van der Waals surface area (Å²) in [5.41, 5.74) is 2.27. The Morgan fingerprint density at radius 1 is 1.19 bits per heavy atom. The van der Waals surface area contributed by atoms with Gasteiger partial charge >= 0.3 is 0 Å². The van der Waals surface area contributed by atoms with Crippen LogP contribution in [0.4, 0.5) is 0 Å². The molecule has 0 fully saturated rings. The van der Waals surface area contributed by atoms with E-state index >= 15 is 0 Å². The van der Waals surface area contributed by atoms with Crippen molar-refractivity contribution in [3.63, 3.8) is 0 Å². The second-order valence-corrected chi connectivity index (χ2v) is 3.55. The van der Waals surface area contributed by atoms with Crippen molar-refractivity contribution in [1.82, 2.24) is 4.98 Å². The van der Waals surface area contributed by atoms with Gasteiger partial charge in [0.2, 0.25) is 5.88 Å². The van der Waals surface area contributed by atoms with E-state index in [1.54, 1.807) is 29.1 Å². The van der Waals surface area contributed by atoms with E-state index in [2.05, 4.69) is 4.98 Å². The van der Waals surface area contributed by atoms with Gasteiger partial charge in [-0.2, -0.15) is 10.5 Å². The zero-order chi connectivity index (χ0) is 11.4. The molecule has 4 nitrogen and oxygen atoms in total. The van der Waals surface area contributed by atoms with Crippen molar-refractivity contribution in [2.45, 2.75) is 0 Å². The van der Waals surface area contributed by atoms with Crippen LogP contribution in [0.3, 0.4) is 0 Å². The molecule has 0 amide bonds. The topological polar surface area (TPSA) is 69.7 Å². The van der Waals surface area contributed by atoms with Gasteiger partial charge in [-0.05, 0) is 12.1 Å². The molecule has 0 atom stereocenters. The lowest BCUT2D eigenvalue weighted by atomic mass is 10.1. The summed E-state index contributed by atoms with van der Waals surface area (Å²) in [6.07, 6.45) is 0. The molecular formula is C11H5N3OS. The third-order valence-electron chi connectivity index (χ3n) is 1.87. The number of ether oxygens (including phenoxy) is 1. The number of thiazole rings is 1. The van der Waals surface area contributed by atoms with Crippen LogP contribution in [0.5, 0.6) is 11.6 Å². The molecule has 0 bridgehead atoms. The van der Waals surface area contributed by atoms with E-state index in [1.165, 1.54) is 11.3 Å². The molecule has 1 heterocycles. The number of nitriles is 2. The smallest absolute Gasteiger partial charge is 0.230 e. The predicted octanol–water partition coefficient (Wildman–Crippen LogP) is 2.68. The summed E-state index contributed by atoms with van der Waals surface area (Å²) < 4.78 is 5.42. The maximum absolute atomic E-state index is 8.91. The van der Waals surface area contributed by atoms with Gasteiger partial charge in [-0.25, -0.2) is 4.98 Å². The molecule has 76 valence electrons. The fourth-order valence-corrected chi connectivity index (χ4v) is 1.63. The molecule has 0 aliphatic heterocycles. The fourth-order valence-electron chi connectivity index (χ4n) is 1.18. The van der Waals surface area contributed by atoms with Gasteiger partial charge in [0.15, 0.2) is 5.75 Å². The van der Waals surface area contributed by atoms with E-state index < -0.39 is 0 Å². The standard InChI is InChI=1S/C11H5N3OS/c12-4-8-2-1-3-9(5-13)11(8)15-10-6-16-7-14-10/h1-3,6-7H. The number of nitrogens with zero attached hydrogens (tertiary/aromatic N) is 3. The highest BCUT2D eigenvalue weighted by atomic mass is 32.1. The van der Waals surface area contributed by atoms with Crippen LogP contribution in [0.2, 0.25) is 0 Å². The van der Waals surface area contributed by atoms with Crippen molar-refractivity contribution < 1.29 is 4.74 Å². The molecule has 0 aliphatic rings. The van der Waals surface area contributed by atoms with Gasteiger partial charge in [0.05, 0.1) is 22.0 Å². The Morgan fingerprint density at radius 2 is 1.88 bits per heavy atom. The van der Waals surface area contributed by atoms with Gasteiger partial charge in [0.25, 0.3) is 0 Å². The van der Waals surface area contributed by atoms with Gasteiger partial charge < -0.3 is 4.74 Å². The molecule has 0 unspecified atom stereocenters. The average molecular weight is 227 g/mol. The van der Waals surface area contributed by atoms with E-state index in [4.69, 9.17) is 15.3 Å². The summed E-state index contributed by atoms with van der Waals surface area (Å²) >= 11 is 1.38. The van der Waals surface area contributed by atoms with Gasteiger partial charge in [0.1, 0.15) is 12.1 Å². The molecule has 0 saturated carbocycles. The van der Waals surface area contributed by atoms with Crippen molar-refractivity contribution in [2.24, 2.45) is 0 Å². The Hall–Kier alpha value is -2.37. The van der Waals surface area contributed by atoms with E-state index in [0.717, 1.165) is 0 Å². The van der Waals surface area contributed by atoms with Crippen LogP contribution in [0.1, 0.15) is 11.1 Å². The Bertz CT molecular complexity index is 546. The number of rotatable bonds is 2. The molecule has 0 N–H and O–H groups in total. The summed E-state index contributed by atoms with van der Waals surface area (Å²) in [5.74, 6) is 0.655. The van der Waals surface area contributed by atoms with Crippen LogP contribution >= 0.6 is 11.3 Å². The maximum Gasteiger partial charge on any atom is 0.230 e. The van der Waals surface area contributed by atoms with E-state index in [9.17, 15) is 0 Å². The van der Waals surface area contributed by atoms with Crippen LogP contribution < -0.4 is 4.74 Å². The van der Waals surface area contributed by atoms with Gasteiger partial charge in [-0.15, -0.1) is 11.3 Å². The highest BCUT2D eigenvalue weighted by Crippen LogP contribution is 2.28. The summed E-state index contributed by atoms with van der Waals surface area (Å²) in [6, 6.07) is 8.81. The normalized spacial score (nSPS) is 9.12. The lowest BCUT2D eigenvalue weighted by molar-refractivity contribution is 0.463. The molecule has 2 rings (SSSR count).